The molecule has 1 amide bonds. The van der Waals surface area contributed by atoms with Gasteiger partial charge in [-0.25, -0.2) is 0 Å². The highest BCUT2D eigenvalue weighted by molar-refractivity contribution is 5.79. The first-order chi connectivity index (χ1) is 11.6. The number of amides is 1. The molecule has 0 aliphatic heterocycles. The Balaban J connectivity index is 1.75. The summed E-state index contributed by atoms with van der Waals surface area (Å²) in [4.78, 5) is 12.5. The van der Waals surface area contributed by atoms with Crippen LogP contribution in [0.5, 0.6) is 0 Å². The van der Waals surface area contributed by atoms with Crippen molar-refractivity contribution in [1.29, 1.82) is 0 Å². The number of rotatable bonds is 6. The molecule has 3 rings (SSSR count). The fraction of sp³-hybridized carbons (Fsp3) is 0.278. The zero-order chi connectivity index (χ0) is 16.9. The molecule has 1 N–H and O–H groups in total. The van der Waals surface area contributed by atoms with Crippen molar-refractivity contribution in [2.24, 2.45) is 0 Å². The predicted octanol–water partition coefficient (Wildman–Crippen LogP) is 2.59. The summed E-state index contributed by atoms with van der Waals surface area (Å²) in [6.45, 7) is 4.24. The maximum atomic E-state index is 12.5. The van der Waals surface area contributed by atoms with Crippen LogP contribution in [0.4, 0.5) is 0 Å². The molecule has 2 aromatic heterocycles. The van der Waals surface area contributed by atoms with E-state index >= 15 is 0 Å². The van der Waals surface area contributed by atoms with Gasteiger partial charge >= 0.3 is 0 Å². The summed E-state index contributed by atoms with van der Waals surface area (Å²) in [6.07, 6.45) is 3.87. The zero-order valence-corrected chi connectivity index (χ0v) is 13.8. The summed E-state index contributed by atoms with van der Waals surface area (Å²) in [7, 11) is 0. The van der Waals surface area contributed by atoms with Gasteiger partial charge in [-0.05, 0) is 25.5 Å². The lowest BCUT2D eigenvalue weighted by atomic mass is 10.1. The summed E-state index contributed by atoms with van der Waals surface area (Å²) in [5, 5.41) is 11.2. The van der Waals surface area contributed by atoms with Crippen LogP contribution in [0, 0.1) is 13.8 Å². The van der Waals surface area contributed by atoms with Gasteiger partial charge in [-0.3, -0.25) is 9.48 Å². The van der Waals surface area contributed by atoms with E-state index in [0.717, 1.165) is 16.8 Å². The van der Waals surface area contributed by atoms with Gasteiger partial charge < -0.3 is 9.84 Å². The third-order valence-electron chi connectivity index (χ3n) is 3.98. The first-order valence-electron chi connectivity index (χ1n) is 7.87. The highest BCUT2D eigenvalue weighted by Crippen LogP contribution is 2.17. The van der Waals surface area contributed by atoms with E-state index in [0.29, 0.717) is 12.3 Å². The molecule has 24 heavy (non-hydrogen) atoms. The van der Waals surface area contributed by atoms with Crippen molar-refractivity contribution in [2.45, 2.75) is 32.9 Å². The molecule has 6 heteroatoms. The third kappa shape index (κ3) is 3.71. The van der Waals surface area contributed by atoms with Gasteiger partial charge in [-0.15, -0.1) is 0 Å². The van der Waals surface area contributed by atoms with Crippen LogP contribution in [0.2, 0.25) is 0 Å². The molecule has 0 radical (unpaired) electrons. The Hall–Kier alpha value is -2.89. The Morgan fingerprint density at radius 2 is 2.04 bits per heavy atom. The van der Waals surface area contributed by atoms with Crippen LogP contribution in [0.1, 0.15) is 28.6 Å². The Bertz CT molecular complexity index is 774. The highest BCUT2D eigenvalue weighted by atomic mass is 16.5. The van der Waals surface area contributed by atoms with E-state index in [4.69, 9.17) is 4.52 Å². The van der Waals surface area contributed by atoms with Crippen molar-refractivity contribution in [3.05, 3.63) is 71.4 Å². The predicted molar refractivity (Wildman–Crippen MR) is 89.2 cm³/mol. The smallest absolute Gasteiger partial charge is 0.225 e. The lowest BCUT2D eigenvalue weighted by Gasteiger charge is -2.19. The SMILES string of the molecule is Cc1noc(C)c1CC(=O)NC(Cn1cccn1)c1ccccc1. The number of carbonyl (C=O) groups excluding carboxylic acids is 1. The molecule has 1 atom stereocenters. The summed E-state index contributed by atoms with van der Waals surface area (Å²) >= 11 is 0. The minimum absolute atomic E-state index is 0.0644. The first kappa shape index (κ1) is 16.0. The van der Waals surface area contributed by atoms with E-state index in [-0.39, 0.29) is 18.4 Å². The number of nitrogens with one attached hydrogen (secondary N) is 1. The molecular formula is C18H20N4O2. The standard InChI is InChI=1S/C18H20N4O2/c1-13-16(14(2)24-21-13)11-18(23)20-17(12-22-10-6-9-19-22)15-7-4-3-5-8-15/h3-10,17H,11-12H2,1-2H3,(H,20,23). The first-order valence-corrected chi connectivity index (χ1v) is 7.87. The molecule has 0 aliphatic carbocycles. The van der Waals surface area contributed by atoms with Crippen molar-refractivity contribution in [2.75, 3.05) is 0 Å². The van der Waals surface area contributed by atoms with Gasteiger partial charge in [-0.1, -0.05) is 35.5 Å². The normalized spacial score (nSPS) is 12.1. The average molecular weight is 324 g/mol. The largest absolute Gasteiger partial charge is 0.361 e. The van der Waals surface area contributed by atoms with Gasteiger partial charge in [-0.2, -0.15) is 5.10 Å². The Morgan fingerprint density at radius 1 is 1.25 bits per heavy atom. The number of aromatic nitrogens is 3. The number of nitrogens with zero attached hydrogens (tertiary/aromatic N) is 3. The number of benzene rings is 1. The van der Waals surface area contributed by atoms with Crippen LogP contribution < -0.4 is 5.32 Å². The summed E-state index contributed by atoms with van der Waals surface area (Å²) in [6, 6.07) is 11.6. The van der Waals surface area contributed by atoms with E-state index < -0.39 is 0 Å². The molecule has 124 valence electrons. The molecule has 2 heterocycles. The highest BCUT2D eigenvalue weighted by Gasteiger charge is 2.18. The fourth-order valence-electron chi connectivity index (χ4n) is 2.68. The second-order valence-corrected chi connectivity index (χ2v) is 5.74. The molecule has 0 aliphatic rings. The molecule has 0 saturated carbocycles. The minimum Gasteiger partial charge on any atom is -0.361 e. The molecule has 0 fully saturated rings. The molecule has 1 unspecified atom stereocenters. The third-order valence-corrected chi connectivity index (χ3v) is 3.98. The molecular weight excluding hydrogens is 304 g/mol. The minimum atomic E-state index is -0.154. The second-order valence-electron chi connectivity index (χ2n) is 5.74. The van der Waals surface area contributed by atoms with E-state index in [1.165, 1.54) is 0 Å². The zero-order valence-electron chi connectivity index (χ0n) is 13.8. The monoisotopic (exact) mass is 324 g/mol. The van der Waals surface area contributed by atoms with E-state index in [1.807, 2.05) is 61.1 Å². The maximum absolute atomic E-state index is 12.5. The van der Waals surface area contributed by atoms with Crippen molar-refractivity contribution < 1.29 is 9.32 Å². The van der Waals surface area contributed by atoms with Gasteiger partial charge in [0.15, 0.2) is 0 Å². The lowest BCUT2D eigenvalue weighted by molar-refractivity contribution is -0.121. The van der Waals surface area contributed by atoms with Gasteiger partial charge in [0, 0.05) is 18.0 Å². The van der Waals surface area contributed by atoms with Crippen molar-refractivity contribution in [3.63, 3.8) is 0 Å². The van der Waals surface area contributed by atoms with E-state index in [2.05, 4.69) is 15.6 Å². The van der Waals surface area contributed by atoms with Crippen LogP contribution in [0.25, 0.3) is 0 Å². The van der Waals surface area contributed by atoms with Gasteiger partial charge in [0.25, 0.3) is 0 Å². The van der Waals surface area contributed by atoms with Crippen molar-refractivity contribution >= 4 is 5.91 Å². The average Bonchev–Trinajstić information content (AvgIpc) is 3.20. The van der Waals surface area contributed by atoms with Crippen molar-refractivity contribution in [3.8, 4) is 0 Å². The summed E-state index contributed by atoms with van der Waals surface area (Å²) in [5.41, 5.74) is 2.64. The van der Waals surface area contributed by atoms with E-state index in [9.17, 15) is 4.79 Å². The van der Waals surface area contributed by atoms with Gasteiger partial charge in [0.1, 0.15) is 5.76 Å². The number of hydrogen-bond donors (Lipinski definition) is 1. The van der Waals surface area contributed by atoms with Gasteiger partial charge in [0.2, 0.25) is 5.91 Å². The summed E-state index contributed by atoms with van der Waals surface area (Å²) < 4.78 is 6.94. The Morgan fingerprint density at radius 3 is 2.67 bits per heavy atom. The molecule has 1 aromatic carbocycles. The Labute approximate surface area is 140 Å². The molecule has 0 saturated heterocycles. The molecule has 0 spiro atoms. The second kappa shape index (κ2) is 7.12. The van der Waals surface area contributed by atoms with E-state index in [1.54, 1.807) is 6.20 Å². The van der Waals surface area contributed by atoms with Gasteiger partial charge in [0.05, 0.1) is 24.7 Å². The topological polar surface area (TPSA) is 73.0 Å². The van der Waals surface area contributed by atoms with Crippen molar-refractivity contribution in [1.82, 2.24) is 20.3 Å². The maximum Gasteiger partial charge on any atom is 0.225 e. The van der Waals surface area contributed by atoms with Crippen LogP contribution in [-0.4, -0.2) is 20.8 Å². The summed E-state index contributed by atoms with van der Waals surface area (Å²) in [5.74, 6) is 0.622. The van der Waals surface area contributed by atoms with Crippen LogP contribution >= 0.6 is 0 Å². The van der Waals surface area contributed by atoms with Crippen LogP contribution in [0.3, 0.4) is 0 Å². The lowest BCUT2D eigenvalue weighted by Crippen LogP contribution is -2.32. The Kier molecular flexibility index (Phi) is 4.74. The number of carbonyl (C=O) groups is 1. The van der Waals surface area contributed by atoms with Crippen LogP contribution in [-0.2, 0) is 17.8 Å². The number of aryl methyl sites for hydroxylation is 2. The fourth-order valence-corrected chi connectivity index (χ4v) is 2.68. The quantitative estimate of drug-likeness (QED) is 0.756. The number of hydrogen-bond acceptors (Lipinski definition) is 4. The molecule has 0 bridgehead atoms. The van der Waals surface area contributed by atoms with Crippen LogP contribution in [0.15, 0.2) is 53.3 Å². The molecule has 6 nitrogen and oxygen atoms in total. The molecule has 3 aromatic rings.